The van der Waals surface area contributed by atoms with Gasteiger partial charge in [0.2, 0.25) is 0 Å². The summed E-state index contributed by atoms with van der Waals surface area (Å²) in [4.78, 5) is 7.04. The fraction of sp³-hybridized carbons (Fsp3) is 0.667. The molecule has 0 aromatic carbocycles. The largest absolute Gasteiger partial charge is 0.367 e. The molecule has 18 heavy (non-hydrogen) atoms. The van der Waals surface area contributed by atoms with Crippen LogP contribution in [0.4, 0.5) is 5.69 Å². The van der Waals surface area contributed by atoms with Crippen LogP contribution in [-0.4, -0.2) is 30.2 Å². The summed E-state index contributed by atoms with van der Waals surface area (Å²) in [6.45, 7) is 13.2. The normalized spacial score (nSPS) is 25.3. The van der Waals surface area contributed by atoms with Crippen molar-refractivity contribution in [1.82, 2.24) is 10.3 Å². The molecule has 1 aliphatic rings. The van der Waals surface area contributed by atoms with Crippen LogP contribution in [0.1, 0.15) is 40.3 Å². The molecular weight excluding hydrogens is 222 g/mol. The quantitative estimate of drug-likeness (QED) is 0.826. The van der Waals surface area contributed by atoms with E-state index in [1.54, 1.807) is 0 Å². The van der Waals surface area contributed by atoms with Crippen LogP contribution in [-0.2, 0) is 5.41 Å². The van der Waals surface area contributed by atoms with Gasteiger partial charge >= 0.3 is 0 Å². The highest BCUT2D eigenvalue weighted by molar-refractivity contribution is 5.46. The van der Waals surface area contributed by atoms with Gasteiger partial charge in [-0.25, -0.2) is 0 Å². The fourth-order valence-corrected chi connectivity index (χ4v) is 2.55. The van der Waals surface area contributed by atoms with Gasteiger partial charge in [0.25, 0.3) is 0 Å². The van der Waals surface area contributed by atoms with Crippen molar-refractivity contribution in [2.75, 3.05) is 18.0 Å². The number of piperazine rings is 1. The second-order valence-corrected chi connectivity index (χ2v) is 6.53. The van der Waals surface area contributed by atoms with E-state index in [1.165, 1.54) is 5.69 Å². The van der Waals surface area contributed by atoms with E-state index in [0.29, 0.717) is 12.1 Å². The van der Waals surface area contributed by atoms with Crippen LogP contribution in [0, 0.1) is 0 Å². The lowest BCUT2D eigenvalue weighted by molar-refractivity contribution is 0.406. The van der Waals surface area contributed by atoms with Gasteiger partial charge in [0.15, 0.2) is 0 Å². The maximum atomic E-state index is 4.61. The minimum atomic E-state index is 0.128. The summed E-state index contributed by atoms with van der Waals surface area (Å²) in [5, 5.41) is 3.55. The zero-order valence-electron chi connectivity index (χ0n) is 12.2. The van der Waals surface area contributed by atoms with E-state index in [-0.39, 0.29) is 5.41 Å². The van der Waals surface area contributed by atoms with Gasteiger partial charge in [-0.3, -0.25) is 4.98 Å². The summed E-state index contributed by atoms with van der Waals surface area (Å²) < 4.78 is 0. The van der Waals surface area contributed by atoms with Crippen LogP contribution in [0.3, 0.4) is 0 Å². The molecule has 2 rings (SSSR count). The van der Waals surface area contributed by atoms with Crippen molar-refractivity contribution in [2.45, 2.75) is 52.1 Å². The lowest BCUT2D eigenvalue weighted by Gasteiger charge is -2.37. The highest BCUT2D eigenvalue weighted by Crippen LogP contribution is 2.23. The molecule has 2 unspecified atom stereocenters. The first-order valence-electron chi connectivity index (χ1n) is 6.84. The molecule has 0 radical (unpaired) electrons. The maximum Gasteiger partial charge on any atom is 0.0554 e. The molecule has 1 aliphatic heterocycles. The highest BCUT2D eigenvalue weighted by atomic mass is 15.2. The fourth-order valence-electron chi connectivity index (χ4n) is 2.55. The molecule has 3 nitrogen and oxygen atoms in total. The highest BCUT2D eigenvalue weighted by Gasteiger charge is 2.22. The standard InChI is InChI=1S/C15H25N3/c1-11-9-18(10-12(2)17-11)13-6-7-14(16-8-13)15(3,4)5/h6-8,11-12,17H,9-10H2,1-5H3. The van der Waals surface area contributed by atoms with Crippen molar-refractivity contribution in [1.29, 1.82) is 0 Å². The Morgan fingerprint density at radius 3 is 2.22 bits per heavy atom. The summed E-state index contributed by atoms with van der Waals surface area (Å²) in [6.07, 6.45) is 2.02. The molecule has 0 aliphatic carbocycles. The predicted molar refractivity (Wildman–Crippen MR) is 77.2 cm³/mol. The summed E-state index contributed by atoms with van der Waals surface area (Å²) in [6, 6.07) is 5.44. The molecule has 1 N–H and O–H groups in total. The van der Waals surface area contributed by atoms with E-state index < -0.39 is 0 Å². The van der Waals surface area contributed by atoms with E-state index in [4.69, 9.17) is 0 Å². The third-order valence-corrected chi connectivity index (χ3v) is 3.44. The van der Waals surface area contributed by atoms with Gasteiger partial charge in [0.05, 0.1) is 11.9 Å². The lowest BCUT2D eigenvalue weighted by atomic mass is 9.91. The van der Waals surface area contributed by atoms with E-state index in [1.807, 2.05) is 6.20 Å². The Morgan fingerprint density at radius 2 is 1.78 bits per heavy atom. The van der Waals surface area contributed by atoms with Gasteiger partial charge < -0.3 is 10.2 Å². The van der Waals surface area contributed by atoms with Crippen molar-refractivity contribution >= 4 is 5.69 Å². The minimum Gasteiger partial charge on any atom is -0.367 e. The van der Waals surface area contributed by atoms with Crippen molar-refractivity contribution in [3.63, 3.8) is 0 Å². The van der Waals surface area contributed by atoms with Crippen molar-refractivity contribution < 1.29 is 0 Å². The molecule has 0 saturated carbocycles. The molecule has 3 heteroatoms. The van der Waals surface area contributed by atoms with E-state index in [9.17, 15) is 0 Å². The van der Waals surface area contributed by atoms with Crippen molar-refractivity contribution in [3.05, 3.63) is 24.0 Å². The first-order chi connectivity index (χ1) is 8.36. The second kappa shape index (κ2) is 4.88. The van der Waals surface area contributed by atoms with E-state index >= 15 is 0 Å². The number of pyridine rings is 1. The number of hydrogen-bond acceptors (Lipinski definition) is 3. The Bertz CT molecular complexity index is 381. The third-order valence-electron chi connectivity index (χ3n) is 3.44. The van der Waals surface area contributed by atoms with Gasteiger partial charge in [0.1, 0.15) is 0 Å². The smallest absolute Gasteiger partial charge is 0.0554 e. The molecule has 0 spiro atoms. The zero-order valence-corrected chi connectivity index (χ0v) is 12.2. The number of anilines is 1. The summed E-state index contributed by atoms with van der Waals surface area (Å²) in [5.74, 6) is 0. The summed E-state index contributed by atoms with van der Waals surface area (Å²) >= 11 is 0. The molecule has 0 amide bonds. The number of nitrogens with zero attached hydrogens (tertiary/aromatic N) is 2. The molecule has 1 aromatic rings. The monoisotopic (exact) mass is 247 g/mol. The predicted octanol–water partition coefficient (Wildman–Crippen LogP) is 2.57. The molecular formula is C15H25N3. The molecule has 1 aromatic heterocycles. The molecule has 0 bridgehead atoms. The van der Waals surface area contributed by atoms with Gasteiger partial charge in [-0.05, 0) is 26.0 Å². The first-order valence-corrected chi connectivity index (χ1v) is 6.84. The third kappa shape index (κ3) is 3.02. The number of hydrogen-bond donors (Lipinski definition) is 1. The van der Waals surface area contributed by atoms with Crippen LogP contribution in [0.15, 0.2) is 18.3 Å². The lowest BCUT2D eigenvalue weighted by Crippen LogP contribution is -2.54. The Morgan fingerprint density at radius 1 is 1.17 bits per heavy atom. The van der Waals surface area contributed by atoms with Gasteiger partial charge in [-0.1, -0.05) is 20.8 Å². The Balaban J connectivity index is 2.14. The summed E-state index contributed by atoms with van der Waals surface area (Å²) in [7, 11) is 0. The maximum absolute atomic E-state index is 4.61. The molecule has 100 valence electrons. The van der Waals surface area contributed by atoms with E-state index in [0.717, 1.165) is 18.8 Å². The molecule has 1 saturated heterocycles. The van der Waals surface area contributed by atoms with Crippen LogP contribution < -0.4 is 10.2 Å². The molecule has 1 fully saturated rings. The van der Waals surface area contributed by atoms with Gasteiger partial charge in [0, 0.05) is 36.3 Å². The summed E-state index contributed by atoms with van der Waals surface area (Å²) in [5.41, 5.74) is 2.52. The number of nitrogens with one attached hydrogen (secondary N) is 1. The van der Waals surface area contributed by atoms with Crippen LogP contribution in [0.25, 0.3) is 0 Å². The van der Waals surface area contributed by atoms with Gasteiger partial charge in [-0.15, -0.1) is 0 Å². The van der Waals surface area contributed by atoms with Crippen molar-refractivity contribution in [3.8, 4) is 0 Å². The van der Waals surface area contributed by atoms with Crippen molar-refractivity contribution in [2.24, 2.45) is 0 Å². The van der Waals surface area contributed by atoms with Crippen LogP contribution in [0.2, 0.25) is 0 Å². The Hall–Kier alpha value is -1.09. The SMILES string of the molecule is CC1CN(c2ccc(C(C)(C)C)nc2)CC(C)N1. The van der Waals surface area contributed by atoms with Gasteiger partial charge in [-0.2, -0.15) is 0 Å². The molecule has 2 atom stereocenters. The average molecular weight is 247 g/mol. The topological polar surface area (TPSA) is 28.2 Å². The van der Waals surface area contributed by atoms with E-state index in [2.05, 4.69) is 62.0 Å². The second-order valence-electron chi connectivity index (χ2n) is 6.53. The van der Waals surface area contributed by atoms with Crippen LogP contribution in [0.5, 0.6) is 0 Å². The number of rotatable bonds is 1. The van der Waals surface area contributed by atoms with Crippen LogP contribution >= 0.6 is 0 Å². The Kier molecular flexibility index (Phi) is 3.62. The minimum absolute atomic E-state index is 0.128. The average Bonchev–Trinajstić information content (AvgIpc) is 2.27. The zero-order chi connectivity index (χ0) is 13.3. The molecule has 2 heterocycles. The first kappa shape index (κ1) is 13.3. The Labute approximate surface area is 111 Å². The number of aromatic nitrogens is 1.